The van der Waals surface area contributed by atoms with Crippen LogP contribution in [0.25, 0.3) is 0 Å². The van der Waals surface area contributed by atoms with Crippen LogP contribution in [0.4, 0.5) is 0 Å². The summed E-state index contributed by atoms with van der Waals surface area (Å²) in [6.07, 6.45) is 1.94. The molecule has 1 nitrogen and oxygen atoms in total. The number of benzene rings is 1. The zero-order chi connectivity index (χ0) is 13.3. The van der Waals surface area contributed by atoms with Crippen molar-refractivity contribution in [3.63, 3.8) is 0 Å². The van der Waals surface area contributed by atoms with E-state index in [-0.39, 0.29) is 10.8 Å². The Morgan fingerprint density at radius 3 is 2.12 bits per heavy atom. The molecule has 0 amide bonds. The van der Waals surface area contributed by atoms with Crippen molar-refractivity contribution in [1.82, 2.24) is 0 Å². The number of hydrogen-bond acceptors (Lipinski definition) is 1. The van der Waals surface area contributed by atoms with E-state index in [0.717, 1.165) is 24.0 Å². The second-order valence-corrected chi connectivity index (χ2v) is 6.79. The van der Waals surface area contributed by atoms with E-state index < -0.39 is 0 Å². The van der Waals surface area contributed by atoms with Crippen LogP contribution in [0, 0.1) is 5.41 Å². The molecule has 1 aromatic carbocycles. The minimum atomic E-state index is 0.0397. The van der Waals surface area contributed by atoms with Gasteiger partial charge in [-0.1, -0.05) is 59.7 Å². The lowest BCUT2D eigenvalue weighted by atomic mass is 9.79. The molecule has 0 fully saturated rings. The fourth-order valence-corrected chi connectivity index (χ4v) is 2.04. The number of para-hydroxylation sites is 1. The van der Waals surface area contributed by atoms with Gasteiger partial charge in [-0.05, 0) is 34.8 Å². The fourth-order valence-electron chi connectivity index (χ4n) is 2.04. The zero-order valence-corrected chi connectivity index (χ0v) is 12.1. The van der Waals surface area contributed by atoms with Gasteiger partial charge in [0.1, 0.15) is 5.75 Å². The van der Waals surface area contributed by atoms with E-state index in [1.807, 2.05) is 12.1 Å². The molecule has 0 spiro atoms. The van der Waals surface area contributed by atoms with Gasteiger partial charge in [-0.25, -0.2) is 0 Å². The Morgan fingerprint density at radius 1 is 1.06 bits per heavy atom. The summed E-state index contributed by atoms with van der Waals surface area (Å²) >= 11 is 0. The summed E-state index contributed by atoms with van der Waals surface area (Å²) in [4.78, 5) is 0. The first-order valence-electron chi connectivity index (χ1n) is 6.49. The maximum absolute atomic E-state index is 10.4. The quantitative estimate of drug-likeness (QED) is 0.806. The molecule has 17 heavy (non-hydrogen) atoms. The van der Waals surface area contributed by atoms with Gasteiger partial charge in [-0.3, -0.25) is 0 Å². The Bertz CT molecular complexity index is 383. The molecule has 0 unspecified atom stereocenters. The first-order valence-corrected chi connectivity index (χ1v) is 6.49. The summed E-state index contributed by atoms with van der Waals surface area (Å²) in [5.41, 5.74) is 2.38. The van der Waals surface area contributed by atoms with Crippen LogP contribution in [-0.2, 0) is 11.8 Å². The maximum atomic E-state index is 10.4. The first kappa shape index (κ1) is 14.1. The summed E-state index contributed by atoms with van der Waals surface area (Å²) in [7, 11) is 0. The van der Waals surface area contributed by atoms with Crippen molar-refractivity contribution in [2.45, 2.75) is 59.8 Å². The molecule has 0 aliphatic rings. The Balaban J connectivity index is 3.17. The fraction of sp³-hybridized carbons (Fsp3) is 0.625. The molecule has 0 bridgehead atoms. The van der Waals surface area contributed by atoms with Crippen LogP contribution in [0.3, 0.4) is 0 Å². The second-order valence-electron chi connectivity index (χ2n) is 6.79. The Labute approximate surface area is 106 Å². The zero-order valence-electron chi connectivity index (χ0n) is 12.1. The summed E-state index contributed by atoms with van der Waals surface area (Å²) in [6.45, 7) is 13.1. The van der Waals surface area contributed by atoms with Crippen molar-refractivity contribution in [1.29, 1.82) is 0 Å². The third-order valence-corrected chi connectivity index (χ3v) is 3.45. The predicted molar refractivity (Wildman–Crippen MR) is 74.6 cm³/mol. The normalized spacial score (nSPS) is 12.8. The van der Waals surface area contributed by atoms with Crippen LogP contribution in [-0.4, -0.2) is 5.11 Å². The van der Waals surface area contributed by atoms with Crippen LogP contribution in [0.2, 0.25) is 0 Å². The standard InChI is InChI=1S/C16H26O/c1-7-16(5,6)13-10-8-9-12(14(13)17)11-15(2,3)4/h8-10,17H,7,11H2,1-6H3. The van der Waals surface area contributed by atoms with Crippen molar-refractivity contribution in [2.75, 3.05) is 0 Å². The summed E-state index contributed by atoms with van der Waals surface area (Å²) < 4.78 is 0. The third kappa shape index (κ3) is 3.49. The van der Waals surface area contributed by atoms with E-state index in [0.29, 0.717) is 5.75 Å². The van der Waals surface area contributed by atoms with E-state index in [2.05, 4.69) is 47.6 Å². The van der Waals surface area contributed by atoms with Crippen LogP contribution < -0.4 is 0 Å². The minimum absolute atomic E-state index is 0.0397. The highest BCUT2D eigenvalue weighted by Gasteiger charge is 2.24. The van der Waals surface area contributed by atoms with Gasteiger partial charge in [-0.15, -0.1) is 0 Å². The van der Waals surface area contributed by atoms with Crippen molar-refractivity contribution >= 4 is 0 Å². The molecule has 0 aliphatic heterocycles. The third-order valence-electron chi connectivity index (χ3n) is 3.45. The molecular formula is C16H26O. The van der Waals surface area contributed by atoms with Gasteiger partial charge in [0.15, 0.2) is 0 Å². The molecule has 1 aromatic rings. The highest BCUT2D eigenvalue weighted by Crippen LogP contribution is 2.37. The SMILES string of the molecule is CCC(C)(C)c1cccc(CC(C)(C)C)c1O. The first-order chi connectivity index (χ1) is 7.67. The predicted octanol–water partition coefficient (Wildman–Crippen LogP) is 4.67. The van der Waals surface area contributed by atoms with E-state index in [1.54, 1.807) is 0 Å². The molecule has 1 heteroatoms. The summed E-state index contributed by atoms with van der Waals surface area (Å²) in [5, 5.41) is 10.4. The minimum Gasteiger partial charge on any atom is -0.507 e. The van der Waals surface area contributed by atoms with Crippen molar-refractivity contribution in [3.8, 4) is 5.75 Å². The topological polar surface area (TPSA) is 20.2 Å². The van der Waals surface area contributed by atoms with Crippen molar-refractivity contribution in [2.24, 2.45) is 5.41 Å². The molecular weight excluding hydrogens is 208 g/mol. The Hall–Kier alpha value is -0.980. The number of aromatic hydroxyl groups is 1. The highest BCUT2D eigenvalue weighted by atomic mass is 16.3. The average molecular weight is 234 g/mol. The Morgan fingerprint density at radius 2 is 1.65 bits per heavy atom. The number of rotatable bonds is 3. The molecule has 1 rings (SSSR count). The number of hydrogen-bond donors (Lipinski definition) is 1. The molecule has 0 aromatic heterocycles. The second kappa shape index (κ2) is 4.72. The van der Waals surface area contributed by atoms with Gasteiger partial charge in [0.05, 0.1) is 0 Å². The Kier molecular flexibility index (Phi) is 3.91. The highest BCUT2D eigenvalue weighted by molar-refractivity contribution is 5.44. The molecule has 0 saturated heterocycles. The van der Waals surface area contributed by atoms with Gasteiger partial charge in [-0.2, -0.15) is 0 Å². The van der Waals surface area contributed by atoms with Crippen LogP contribution in [0.5, 0.6) is 5.75 Å². The monoisotopic (exact) mass is 234 g/mol. The van der Waals surface area contributed by atoms with Gasteiger partial charge >= 0.3 is 0 Å². The average Bonchev–Trinajstić information content (AvgIpc) is 2.19. The van der Waals surface area contributed by atoms with Gasteiger partial charge in [0, 0.05) is 0 Å². The molecule has 1 N–H and O–H groups in total. The van der Waals surface area contributed by atoms with Crippen molar-refractivity contribution < 1.29 is 5.11 Å². The van der Waals surface area contributed by atoms with E-state index >= 15 is 0 Å². The van der Waals surface area contributed by atoms with Gasteiger partial charge in [0.25, 0.3) is 0 Å². The van der Waals surface area contributed by atoms with Crippen molar-refractivity contribution in [3.05, 3.63) is 29.3 Å². The smallest absolute Gasteiger partial charge is 0.122 e. The van der Waals surface area contributed by atoms with Crippen LogP contribution >= 0.6 is 0 Å². The lowest BCUT2D eigenvalue weighted by Gasteiger charge is -2.27. The summed E-state index contributed by atoms with van der Waals surface area (Å²) in [5.74, 6) is 0.495. The maximum Gasteiger partial charge on any atom is 0.122 e. The molecule has 96 valence electrons. The number of phenols is 1. The van der Waals surface area contributed by atoms with Crippen LogP contribution in [0.1, 0.15) is 59.1 Å². The molecule has 0 atom stereocenters. The van der Waals surface area contributed by atoms with E-state index in [4.69, 9.17) is 0 Å². The molecule has 0 radical (unpaired) electrons. The van der Waals surface area contributed by atoms with Gasteiger partial charge in [0.2, 0.25) is 0 Å². The number of phenolic OH excluding ortho intramolecular Hbond substituents is 1. The summed E-state index contributed by atoms with van der Waals surface area (Å²) in [6, 6.07) is 6.15. The van der Waals surface area contributed by atoms with E-state index in [1.165, 1.54) is 0 Å². The molecule has 0 aliphatic carbocycles. The molecule has 0 heterocycles. The largest absolute Gasteiger partial charge is 0.507 e. The molecule has 0 saturated carbocycles. The lowest BCUT2D eigenvalue weighted by molar-refractivity contribution is 0.384. The van der Waals surface area contributed by atoms with E-state index in [9.17, 15) is 5.11 Å². The van der Waals surface area contributed by atoms with Gasteiger partial charge < -0.3 is 5.11 Å². The lowest BCUT2D eigenvalue weighted by Crippen LogP contribution is -2.17. The van der Waals surface area contributed by atoms with Crippen LogP contribution in [0.15, 0.2) is 18.2 Å².